The average Bonchev–Trinajstić information content (AvgIpc) is 2.49. The molecule has 136 valence electrons. The van der Waals surface area contributed by atoms with Crippen LogP contribution in [-0.2, 0) is 14.3 Å². The van der Waals surface area contributed by atoms with Crippen LogP contribution >= 0.6 is 0 Å². The summed E-state index contributed by atoms with van der Waals surface area (Å²) in [6.07, 6.45) is -9.07. The van der Waals surface area contributed by atoms with Gasteiger partial charge in [0.05, 0.1) is 18.8 Å². The number of amides is 1. The van der Waals surface area contributed by atoms with E-state index in [4.69, 9.17) is 15.2 Å². The first-order valence-corrected chi connectivity index (χ1v) is 7.33. The fourth-order valence-corrected chi connectivity index (χ4v) is 2.27. The SMILES string of the molecule is CC(=O)N[C@@H](COC1OC(CN)C(O)C(O)C1O)[C@H](O)[C@@H](C)O. The number of nitrogens with one attached hydrogen (secondary N) is 1. The molecular weight excluding hydrogens is 312 g/mol. The van der Waals surface area contributed by atoms with Gasteiger partial charge in [-0.3, -0.25) is 4.79 Å². The van der Waals surface area contributed by atoms with Crippen LogP contribution in [-0.4, -0.2) is 93.5 Å². The summed E-state index contributed by atoms with van der Waals surface area (Å²) in [5, 5.41) is 51.0. The third kappa shape index (κ3) is 5.33. The third-order valence-corrected chi connectivity index (χ3v) is 3.64. The second-order valence-electron chi connectivity index (χ2n) is 5.62. The highest BCUT2D eigenvalue weighted by molar-refractivity contribution is 5.73. The number of rotatable bonds is 7. The van der Waals surface area contributed by atoms with Gasteiger partial charge in [0.25, 0.3) is 0 Å². The molecule has 10 heteroatoms. The summed E-state index contributed by atoms with van der Waals surface area (Å²) in [5.41, 5.74) is 5.41. The molecule has 1 fully saturated rings. The number of hydrogen-bond acceptors (Lipinski definition) is 9. The molecule has 1 aliphatic rings. The highest BCUT2D eigenvalue weighted by Crippen LogP contribution is 2.22. The van der Waals surface area contributed by atoms with E-state index in [1.165, 1.54) is 13.8 Å². The number of aliphatic hydroxyl groups is 5. The molecule has 0 spiro atoms. The summed E-state index contributed by atoms with van der Waals surface area (Å²) in [4.78, 5) is 11.2. The van der Waals surface area contributed by atoms with Crippen LogP contribution in [0.3, 0.4) is 0 Å². The fraction of sp³-hybridized carbons (Fsp3) is 0.923. The maximum atomic E-state index is 11.2. The van der Waals surface area contributed by atoms with Crippen LogP contribution in [0.5, 0.6) is 0 Å². The summed E-state index contributed by atoms with van der Waals surface area (Å²) in [6, 6.07) is -0.955. The zero-order chi connectivity index (χ0) is 17.7. The van der Waals surface area contributed by atoms with Crippen LogP contribution in [0.2, 0.25) is 0 Å². The molecule has 0 aliphatic carbocycles. The summed E-state index contributed by atoms with van der Waals surface area (Å²) in [7, 11) is 0. The Labute approximate surface area is 133 Å². The van der Waals surface area contributed by atoms with Gasteiger partial charge in [-0.2, -0.15) is 0 Å². The Morgan fingerprint density at radius 1 is 1.26 bits per heavy atom. The molecule has 1 rings (SSSR count). The predicted molar refractivity (Wildman–Crippen MR) is 77.0 cm³/mol. The zero-order valence-electron chi connectivity index (χ0n) is 13.1. The molecule has 8 N–H and O–H groups in total. The highest BCUT2D eigenvalue weighted by atomic mass is 16.7. The number of carbonyl (C=O) groups excluding carboxylic acids is 1. The molecule has 0 aromatic carbocycles. The second-order valence-corrected chi connectivity index (χ2v) is 5.62. The van der Waals surface area contributed by atoms with Crippen molar-refractivity contribution in [1.29, 1.82) is 0 Å². The van der Waals surface area contributed by atoms with E-state index in [1.807, 2.05) is 0 Å². The quantitative estimate of drug-likeness (QED) is 0.244. The Kier molecular flexibility index (Phi) is 7.77. The molecule has 0 saturated carbocycles. The van der Waals surface area contributed by atoms with Gasteiger partial charge in [0.1, 0.15) is 30.5 Å². The first-order valence-electron chi connectivity index (χ1n) is 7.33. The Morgan fingerprint density at radius 2 is 1.87 bits per heavy atom. The lowest BCUT2D eigenvalue weighted by atomic mass is 9.99. The van der Waals surface area contributed by atoms with Gasteiger partial charge in [0.2, 0.25) is 5.91 Å². The average molecular weight is 338 g/mol. The van der Waals surface area contributed by atoms with Gasteiger partial charge < -0.3 is 46.1 Å². The van der Waals surface area contributed by atoms with Crippen molar-refractivity contribution in [2.75, 3.05) is 13.2 Å². The van der Waals surface area contributed by atoms with E-state index in [0.29, 0.717) is 0 Å². The van der Waals surface area contributed by atoms with E-state index in [9.17, 15) is 30.3 Å². The van der Waals surface area contributed by atoms with Gasteiger partial charge in [-0.15, -0.1) is 0 Å². The van der Waals surface area contributed by atoms with Crippen molar-refractivity contribution in [3.05, 3.63) is 0 Å². The van der Waals surface area contributed by atoms with E-state index >= 15 is 0 Å². The van der Waals surface area contributed by atoms with Crippen molar-refractivity contribution < 1.29 is 39.8 Å². The highest BCUT2D eigenvalue weighted by Gasteiger charge is 2.44. The van der Waals surface area contributed by atoms with Gasteiger partial charge in [-0.1, -0.05) is 0 Å². The number of aliphatic hydroxyl groups excluding tert-OH is 5. The molecule has 0 aromatic rings. The summed E-state index contributed by atoms with van der Waals surface area (Å²) in [6.45, 7) is 2.18. The molecule has 23 heavy (non-hydrogen) atoms. The number of ether oxygens (including phenoxy) is 2. The summed E-state index contributed by atoms with van der Waals surface area (Å²) in [5.74, 6) is -0.446. The first kappa shape index (κ1) is 20.2. The first-order chi connectivity index (χ1) is 10.7. The number of nitrogens with two attached hydrogens (primary N) is 1. The van der Waals surface area contributed by atoms with Crippen LogP contribution in [0.25, 0.3) is 0 Å². The molecule has 0 bridgehead atoms. The fourth-order valence-electron chi connectivity index (χ4n) is 2.27. The Morgan fingerprint density at radius 3 is 2.35 bits per heavy atom. The molecule has 1 heterocycles. The molecule has 5 unspecified atom stereocenters. The Hall–Kier alpha value is -0.850. The van der Waals surface area contributed by atoms with Crippen molar-refractivity contribution in [1.82, 2.24) is 5.32 Å². The normalized spacial score (nSPS) is 35.4. The largest absolute Gasteiger partial charge is 0.391 e. The molecule has 1 amide bonds. The summed E-state index contributed by atoms with van der Waals surface area (Å²) < 4.78 is 10.6. The van der Waals surface area contributed by atoms with E-state index in [-0.39, 0.29) is 13.2 Å². The van der Waals surface area contributed by atoms with Gasteiger partial charge in [0, 0.05) is 13.5 Å². The van der Waals surface area contributed by atoms with Gasteiger partial charge in [-0.25, -0.2) is 0 Å². The van der Waals surface area contributed by atoms with Crippen molar-refractivity contribution in [3.63, 3.8) is 0 Å². The van der Waals surface area contributed by atoms with Crippen LogP contribution in [0.4, 0.5) is 0 Å². The van der Waals surface area contributed by atoms with Crippen molar-refractivity contribution in [2.45, 2.75) is 62.8 Å². The minimum atomic E-state index is -1.53. The van der Waals surface area contributed by atoms with E-state index in [1.54, 1.807) is 0 Å². The zero-order valence-corrected chi connectivity index (χ0v) is 13.1. The molecule has 8 atom stereocenters. The minimum Gasteiger partial charge on any atom is -0.391 e. The van der Waals surface area contributed by atoms with Crippen molar-refractivity contribution >= 4 is 5.91 Å². The molecule has 0 aromatic heterocycles. The maximum Gasteiger partial charge on any atom is 0.217 e. The van der Waals surface area contributed by atoms with E-state index in [0.717, 1.165) is 0 Å². The van der Waals surface area contributed by atoms with Gasteiger partial charge in [-0.05, 0) is 6.92 Å². The Balaban J connectivity index is 2.69. The topological polar surface area (TPSA) is 175 Å². The Bertz CT molecular complexity index is 381. The van der Waals surface area contributed by atoms with E-state index < -0.39 is 54.9 Å². The van der Waals surface area contributed by atoms with Crippen LogP contribution in [0.15, 0.2) is 0 Å². The predicted octanol–water partition coefficient (Wildman–Crippen LogP) is -3.98. The minimum absolute atomic E-state index is 0.101. The van der Waals surface area contributed by atoms with Gasteiger partial charge >= 0.3 is 0 Å². The molecule has 0 radical (unpaired) electrons. The lowest BCUT2D eigenvalue weighted by Crippen LogP contribution is -2.60. The number of hydrogen-bond donors (Lipinski definition) is 7. The summed E-state index contributed by atoms with van der Waals surface area (Å²) >= 11 is 0. The van der Waals surface area contributed by atoms with Crippen molar-refractivity contribution in [2.24, 2.45) is 5.73 Å². The van der Waals surface area contributed by atoms with E-state index in [2.05, 4.69) is 5.32 Å². The van der Waals surface area contributed by atoms with Crippen molar-refractivity contribution in [3.8, 4) is 0 Å². The third-order valence-electron chi connectivity index (χ3n) is 3.64. The van der Waals surface area contributed by atoms with Crippen LogP contribution in [0.1, 0.15) is 13.8 Å². The van der Waals surface area contributed by atoms with Crippen LogP contribution in [0, 0.1) is 0 Å². The lowest BCUT2D eigenvalue weighted by Gasteiger charge is -2.40. The molecule has 1 saturated heterocycles. The molecular formula is C13H26N2O8. The maximum absolute atomic E-state index is 11.2. The van der Waals surface area contributed by atoms with Crippen LogP contribution < -0.4 is 11.1 Å². The lowest BCUT2D eigenvalue weighted by molar-refractivity contribution is -0.296. The molecule has 1 aliphatic heterocycles. The monoisotopic (exact) mass is 338 g/mol. The van der Waals surface area contributed by atoms with Gasteiger partial charge in [0.15, 0.2) is 6.29 Å². The smallest absolute Gasteiger partial charge is 0.217 e. The second kappa shape index (κ2) is 8.85. The number of carbonyl (C=O) groups is 1. The molecule has 10 nitrogen and oxygen atoms in total. The standard InChI is InChI=1S/C13H26N2O8/c1-5(16)9(18)7(15-6(2)17)4-22-13-12(21)11(20)10(19)8(3-14)23-13/h5,7-13,16,18-21H,3-4,14H2,1-2H3,(H,15,17)/t5-,7+,8?,9-,10?,11?,12?,13?/m1/s1.